The molecule has 27 heavy (non-hydrogen) atoms. The number of nitrogens with zero attached hydrogens (tertiary/aromatic N) is 1. The molecule has 0 unspecified atom stereocenters. The minimum atomic E-state index is 0.533. The highest BCUT2D eigenvalue weighted by molar-refractivity contribution is 5.81. The van der Waals surface area contributed by atoms with Crippen molar-refractivity contribution in [1.82, 2.24) is 15.3 Å². The molecule has 0 bridgehead atoms. The molecule has 2 aromatic carbocycles. The number of aromatic nitrogens is 2. The highest BCUT2D eigenvalue weighted by atomic mass is 16.5. The molecule has 1 heterocycles. The van der Waals surface area contributed by atoms with E-state index in [1.807, 2.05) is 26.2 Å². The predicted octanol–water partition coefficient (Wildman–Crippen LogP) is 3.70. The highest BCUT2D eigenvalue weighted by Crippen LogP contribution is 2.30. The van der Waals surface area contributed by atoms with Crippen molar-refractivity contribution in [2.75, 3.05) is 20.2 Å². The van der Waals surface area contributed by atoms with Gasteiger partial charge in [-0.3, -0.25) is 4.79 Å². The van der Waals surface area contributed by atoms with Crippen molar-refractivity contribution < 1.29 is 9.53 Å². The van der Waals surface area contributed by atoms with E-state index in [-0.39, 0.29) is 0 Å². The Labute approximate surface area is 159 Å². The SMILES string of the molecule is CNCCOc1c(C=O)cc(Cc2ccc(-c3ncc[nH]3)cc2)c(C)c1C. The maximum atomic E-state index is 11.6. The molecule has 3 rings (SSSR count). The number of carbonyl (C=O) groups is 1. The standard InChI is InChI=1S/C22H25N3O2/c1-15-16(2)21(27-11-10-23-3)20(14-26)13-19(15)12-17-4-6-18(7-5-17)22-24-8-9-25-22/h4-9,13-14,23H,10-12H2,1-3H3,(H,24,25). The summed E-state index contributed by atoms with van der Waals surface area (Å²) in [5, 5.41) is 3.05. The van der Waals surface area contributed by atoms with Crippen LogP contribution in [0.3, 0.4) is 0 Å². The maximum Gasteiger partial charge on any atom is 0.153 e. The van der Waals surface area contributed by atoms with Crippen molar-refractivity contribution in [3.05, 3.63) is 70.5 Å². The lowest BCUT2D eigenvalue weighted by atomic mass is 9.93. The summed E-state index contributed by atoms with van der Waals surface area (Å²) in [5.41, 5.74) is 6.18. The largest absolute Gasteiger partial charge is 0.491 e. The van der Waals surface area contributed by atoms with Gasteiger partial charge in [-0.25, -0.2) is 4.98 Å². The molecule has 0 radical (unpaired) electrons. The van der Waals surface area contributed by atoms with Gasteiger partial charge < -0.3 is 15.0 Å². The third-order valence-electron chi connectivity index (χ3n) is 4.82. The number of H-pyrrole nitrogens is 1. The molecular weight excluding hydrogens is 338 g/mol. The van der Waals surface area contributed by atoms with Crippen molar-refractivity contribution in [3.8, 4) is 17.1 Å². The second-order valence-electron chi connectivity index (χ2n) is 6.59. The van der Waals surface area contributed by atoms with E-state index in [1.54, 1.807) is 6.20 Å². The monoisotopic (exact) mass is 363 g/mol. The Bertz CT molecular complexity index is 900. The number of imidazole rings is 1. The van der Waals surface area contributed by atoms with Crippen molar-refractivity contribution in [1.29, 1.82) is 0 Å². The Balaban J connectivity index is 1.84. The van der Waals surface area contributed by atoms with Gasteiger partial charge in [-0.2, -0.15) is 0 Å². The fourth-order valence-electron chi connectivity index (χ4n) is 3.13. The second-order valence-corrected chi connectivity index (χ2v) is 6.59. The zero-order chi connectivity index (χ0) is 19.2. The van der Waals surface area contributed by atoms with Gasteiger partial charge in [0.1, 0.15) is 18.2 Å². The van der Waals surface area contributed by atoms with Crippen LogP contribution in [-0.4, -0.2) is 36.5 Å². The van der Waals surface area contributed by atoms with Crippen LogP contribution in [0.25, 0.3) is 11.4 Å². The zero-order valence-corrected chi connectivity index (χ0v) is 16.0. The number of benzene rings is 2. The Morgan fingerprint density at radius 2 is 1.96 bits per heavy atom. The van der Waals surface area contributed by atoms with Crippen LogP contribution in [0.2, 0.25) is 0 Å². The summed E-state index contributed by atoms with van der Waals surface area (Å²) in [6, 6.07) is 10.3. The van der Waals surface area contributed by atoms with Crippen LogP contribution in [-0.2, 0) is 6.42 Å². The van der Waals surface area contributed by atoms with Crippen LogP contribution < -0.4 is 10.1 Å². The lowest BCUT2D eigenvalue weighted by Gasteiger charge is -2.17. The van der Waals surface area contributed by atoms with Crippen LogP contribution >= 0.6 is 0 Å². The molecule has 0 amide bonds. The van der Waals surface area contributed by atoms with E-state index in [9.17, 15) is 4.79 Å². The number of hydrogen-bond acceptors (Lipinski definition) is 4. The van der Waals surface area contributed by atoms with Gasteiger partial charge >= 0.3 is 0 Å². The number of rotatable bonds is 8. The van der Waals surface area contributed by atoms with E-state index in [2.05, 4.69) is 46.5 Å². The first-order valence-corrected chi connectivity index (χ1v) is 9.08. The number of ether oxygens (including phenoxy) is 1. The third kappa shape index (κ3) is 4.26. The molecule has 2 N–H and O–H groups in total. The smallest absolute Gasteiger partial charge is 0.153 e. The molecule has 5 heteroatoms. The highest BCUT2D eigenvalue weighted by Gasteiger charge is 2.14. The number of nitrogens with one attached hydrogen (secondary N) is 2. The molecule has 140 valence electrons. The zero-order valence-electron chi connectivity index (χ0n) is 16.0. The molecule has 0 spiro atoms. The first-order valence-electron chi connectivity index (χ1n) is 9.08. The summed E-state index contributed by atoms with van der Waals surface area (Å²) in [4.78, 5) is 19.0. The summed E-state index contributed by atoms with van der Waals surface area (Å²) in [7, 11) is 1.88. The lowest BCUT2D eigenvalue weighted by Crippen LogP contribution is -2.17. The van der Waals surface area contributed by atoms with Gasteiger partial charge in [0.25, 0.3) is 0 Å². The summed E-state index contributed by atoms with van der Waals surface area (Å²) < 4.78 is 5.84. The summed E-state index contributed by atoms with van der Waals surface area (Å²) in [6.45, 7) is 5.37. The molecule has 0 fully saturated rings. The normalized spacial score (nSPS) is 10.8. The van der Waals surface area contributed by atoms with Gasteiger partial charge in [-0.1, -0.05) is 24.3 Å². The van der Waals surface area contributed by atoms with Crippen molar-refractivity contribution >= 4 is 6.29 Å². The molecule has 0 aliphatic heterocycles. The molecule has 3 aromatic rings. The topological polar surface area (TPSA) is 67.0 Å². The van der Waals surface area contributed by atoms with Crippen LogP contribution in [0.1, 0.15) is 32.6 Å². The number of carbonyl (C=O) groups excluding carboxylic acids is 1. The third-order valence-corrected chi connectivity index (χ3v) is 4.82. The van der Waals surface area contributed by atoms with Gasteiger partial charge in [-0.15, -0.1) is 0 Å². The molecule has 0 atom stereocenters. The Morgan fingerprint density at radius 3 is 2.59 bits per heavy atom. The van der Waals surface area contributed by atoms with E-state index in [4.69, 9.17) is 4.74 Å². The quantitative estimate of drug-likeness (QED) is 0.473. The first-order chi connectivity index (χ1) is 13.1. The molecule has 1 aromatic heterocycles. The van der Waals surface area contributed by atoms with Gasteiger partial charge in [0, 0.05) is 24.5 Å². The second kappa shape index (κ2) is 8.64. The van der Waals surface area contributed by atoms with Gasteiger partial charge in [-0.05, 0) is 55.6 Å². The molecular formula is C22H25N3O2. The van der Waals surface area contributed by atoms with E-state index in [1.165, 1.54) is 5.56 Å². The molecule has 0 saturated heterocycles. The summed E-state index contributed by atoms with van der Waals surface area (Å²) >= 11 is 0. The minimum Gasteiger partial charge on any atom is -0.491 e. The van der Waals surface area contributed by atoms with Crippen molar-refractivity contribution in [3.63, 3.8) is 0 Å². The van der Waals surface area contributed by atoms with Crippen LogP contribution in [0.15, 0.2) is 42.7 Å². The number of hydrogen-bond donors (Lipinski definition) is 2. The van der Waals surface area contributed by atoms with Crippen LogP contribution in [0.5, 0.6) is 5.75 Å². The van der Waals surface area contributed by atoms with E-state index < -0.39 is 0 Å². The van der Waals surface area contributed by atoms with E-state index >= 15 is 0 Å². The number of likely N-dealkylation sites (N-methyl/N-ethyl adjacent to an activating group) is 1. The number of aromatic amines is 1. The fourth-order valence-corrected chi connectivity index (χ4v) is 3.13. The average Bonchev–Trinajstić information content (AvgIpc) is 3.22. The van der Waals surface area contributed by atoms with E-state index in [0.29, 0.717) is 17.9 Å². The molecule has 5 nitrogen and oxygen atoms in total. The lowest BCUT2D eigenvalue weighted by molar-refractivity contribution is 0.111. The fraction of sp³-hybridized carbons (Fsp3) is 0.273. The molecule has 0 aliphatic rings. The Hall–Kier alpha value is -2.92. The molecule has 0 saturated carbocycles. The van der Waals surface area contributed by atoms with Gasteiger partial charge in [0.15, 0.2) is 6.29 Å². The van der Waals surface area contributed by atoms with Crippen molar-refractivity contribution in [2.24, 2.45) is 0 Å². The Kier molecular flexibility index (Phi) is 6.04. The molecule has 0 aliphatic carbocycles. The van der Waals surface area contributed by atoms with Gasteiger partial charge in [0.05, 0.1) is 5.56 Å². The Morgan fingerprint density at radius 1 is 1.19 bits per heavy atom. The minimum absolute atomic E-state index is 0.533. The van der Waals surface area contributed by atoms with Crippen molar-refractivity contribution in [2.45, 2.75) is 20.3 Å². The van der Waals surface area contributed by atoms with Gasteiger partial charge in [0.2, 0.25) is 0 Å². The predicted molar refractivity (Wildman–Crippen MR) is 108 cm³/mol. The summed E-state index contributed by atoms with van der Waals surface area (Å²) in [5.74, 6) is 1.55. The first kappa shape index (κ1) is 18.9. The number of aldehydes is 1. The maximum absolute atomic E-state index is 11.6. The summed E-state index contributed by atoms with van der Waals surface area (Å²) in [6.07, 6.45) is 5.21. The van der Waals surface area contributed by atoms with Crippen LogP contribution in [0.4, 0.5) is 0 Å². The average molecular weight is 363 g/mol. The van der Waals surface area contributed by atoms with Crippen LogP contribution in [0, 0.1) is 13.8 Å². The van der Waals surface area contributed by atoms with E-state index in [0.717, 1.165) is 47.3 Å².